The van der Waals surface area contributed by atoms with Crippen LogP contribution in [0.2, 0.25) is 0 Å². The fourth-order valence-corrected chi connectivity index (χ4v) is 2.11. The molecule has 2 aliphatic carbocycles. The molecule has 0 aromatic heterocycles. The van der Waals surface area contributed by atoms with Crippen molar-refractivity contribution in [3.63, 3.8) is 0 Å². The maximum Gasteiger partial charge on any atom is 0.162 e. The van der Waals surface area contributed by atoms with Gasteiger partial charge in [0.15, 0.2) is 5.78 Å². The highest BCUT2D eigenvalue weighted by Gasteiger charge is 2.60. The molecule has 2 unspecified atom stereocenters. The Hall–Kier alpha value is -0.590. The number of ketones is 1. The Balaban J connectivity index is 2.29. The largest absolute Gasteiger partial charge is 0.294 e. The lowest BCUT2D eigenvalue weighted by Crippen LogP contribution is -2.05. The molecule has 0 aromatic carbocycles. The molecule has 60 valence electrons. The lowest BCUT2D eigenvalue weighted by molar-refractivity contribution is -0.118. The summed E-state index contributed by atoms with van der Waals surface area (Å²) in [5.74, 6) is 1.54. The predicted molar refractivity (Wildman–Crippen MR) is 44.1 cm³/mol. The lowest BCUT2D eigenvalue weighted by atomic mass is 10.00. The second-order valence-corrected chi connectivity index (χ2v) is 4.34. The van der Waals surface area contributed by atoms with E-state index in [1.807, 2.05) is 6.08 Å². The van der Waals surface area contributed by atoms with Crippen LogP contribution in [0.1, 0.15) is 27.2 Å². The molecule has 0 amide bonds. The van der Waals surface area contributed by atoms with Crippen molar-refractivity contribution in [2.24, 2.45) is 17.3 Å². The van der Waals surface area contributed by atoms with Gasteiger partial charge in [-0.05, 0) is 24.3 Å². The van der Waals surface area contributed by atoms with Crippen LogP contribution < -0.4 is 0 Å². The number of carbonyl (C=O) groups is 1. The van der Waals surface area contributed by atoms with E-state index in [2.05, 4.69) is 20.8 Å². The molecular formula is C10H14O. The summed E-state index contributed by atoms with van der Waals surface area (Å²) in [5.41, 5.74) is 1.43. The van der Waals surface area contributed by atoms with Gasteiger partial charge in [0, 0.05) is 5.41 Å². The van der Waals surface area contributed by atoms with E-state index in [9.17, 15) is 4.79 Å². The summed E-state index contributed by atoms with van der Waals surface area (Å²) >= 11 is 0. The Bertz CT molecular complexity index is 250. The second kappa shape index (κ2) is 1.77. The van der Waals surface area contributed by atoms with Gasteiger partial charge >= 0.3 is 0 Å². The maximum absolute atomic E-state index is 11.4. The molecule has 1 saturated carbocycles. The number of allylic oxidation sites excluding steroid dienone is 2. The summed E-state index contributed by atoms with van der Waals surface area (Å²) in [4.78, 5) is 11.4. The van der Waals surface area contributed by atoms with Crippen LogP contribution in [0.3, 0.4) is 0 Å². The van der Waals surface area contributed by atoms with Gasteiger partial charge in [-0.2, -0.15) is 0 Å². The zero-order valence-corrected chi connectivity index (χ0v) is 7.35. The maximum atomic E-state index is 11.4. The highest BCUT2D eigenvalue weighted by atomic mass is 16.1. The normalized spacial score (nSPS) is 40.9. The van der Waals surface area contributed by atoms with Crippen molar-refractivity contribution in [1.29, 1.82) is 0 Å². The fraction of sp³-hybridized carbons (Fsp3) is 0.700. The third-order valence-corrected chi connectivity index (χ3v) is 3.17. The van der Waals surface area contributed by atoms with Crippen molar-refractivity contribution >= 4 is 5.78 Å². The van der Waals surface area contributed by atoms with Crippen LogP contribution in [0.15, 0.2) is 11.6 Å². The molecule has 1 fully saturated rings. The van der Waals surface area contributed by atoms with Gasteiger partial charge in [0.2, 0.25) is 0 Å². The zero-order chi connectivity index (χ0) is 8.22. The molecule has 0 heterocycles. The minimum atomic E-state index is 0.0413. The van der Waals surface area contributed by atoms with Crippen LogP contribution >= 0.6 is 0 Å². The molecule has 2 aliphatic rings. The molecule has 1 heteroatoms. The van der Waals surface area contributed by atoms with Gasteiger partial charge in [0.1, 0.15) is 0 Å². The lowest BCUT2D eigenvalue weighted by Gasteiger charge is -2.05. The summed E-state index contributed by atoms with van der Waals surface area (Å²) < 4.78 is 0. The molecule has 0 spiro atoms. The van der Waals surface area contributed by atoms with Gasteiger partial charge in [0.05, 0.1) is 0 Å². The topological polar surface area (TPSA) is 17.1 Å². The molecule has 11 heavy (non-hydrogen) atoms. The van der Waals surface area contributed by atoms with E-state index >= 15 is 0 Å². The fourth-order valence-electron chi connectivity index (χ4n) is 2.11. The Morgan fingerprint density at radius 2 is 2.27 bits per heavy atom. The smallest absolute Gasteiger partial charge is 0.162 e. The highest BCUT2D eigenvalue weighted by molar-refractivity contribution is 6.01. The third kappa shape index (κ3) is 0.741. The average Bonchev–Trinajstić information content (AvgIpc) is 2.51. The Morgan fingerprint density at radius 3 is 2.45 bits per heavy atom. The van der Waals surface area contributed by atoms with Gasteiger partial charge in [0.25, 0.3) is 0 Å². The molecule has 0 aromatic rings. The van der Waals surface area contributed by atoms with Crippen molar-refractivity contribution in [2.45, 2.75) is 27.2 Å². The number of hydrogen-bond donors (Lipinski definition) is 0. The third-order valence-electron chi connectivity index (χ3n) is 3.17. The van der Waals surface area contributed by atoms with Crippen LogP contribution in [0, 0.1) is 17.3 Å². The van der Waals surface area contributed by atoms with Gasteiger partial charge in [-0.3, -0.25) is 4.79 Å². The van der Waals surface area contributed by atoms with Crippen LogP contribution in [-0.4, -0.2) is 5.78 Å². The zero-order valence-electron chi connectivity index (χ0n) is 7.35. The second-order valence-electron chi connectivity index (χ2n) is 4.34. The van der Waals surface area contributed by atoms with Crippen LogP contribution in [0.5, 0.6) is 0 Å². The Labute approximate surface area is 67.5 Å². The van der Waals surface area contributed by atoms with E-state index in [0.29, 0.717) is 17.6 Å². The highest BCUT2D eigenvalue weighted by Crippen LogP contribution is 2.62. The van der Waals surface area contributed by atoms with Crippen LogP contribution in [0.25, 0.3) is 0 Å². The van der Waals surface area contributed by atoms with Gasteiger partial charge in [-0.1, -0.05) is 26.3 Å². The summed E-state index contributed by atoms with van der Waals surface area (Å²) in [5, 5.41) is 0. The molecule has 0 N–H and O–H groups in total. The van der Waals surface area contributed by atoms with Crippen molar-refractivity contribution in [1.82, 2.24) is 0 Å². The number of fused-ring (bicyclic) bond motifs is 1. The number of rotatable bonds is 1. The van der Waals surface area contributed by atoms with E-state index in [1.165, 1.54) is 5.57 Å². The summed E-state index contributed by atoms with van der Waals surface area (Å²) in [6.07, 6.45) is 2.98. The number of hydrogen-bond acceptors (Lipinski definition) is 1. The first-order valence-corrected chi connectivity index (χ1v) is 4.31. The minimum Gasteiger partial charge on any atom is -0.294 e. The molecule has 0 bridgehead atoms. The monoisotopic (exact) mass is 150 g/mol. The van der Waals surface area contributed by atoms with Gasteiger partial charge in [-0.25, -0.2) is 0 Å². The van der Waals surface area contributed by atoms with E-state index in [-0.39, 0.29) is 5.41 Å². The molecule has 0 radical (unpaired) electrons. The van der Waals surface area contributed by atoms with Crippen molar-refractivity contribution < 1.29 is 4.79 Å². The van der Waals surface area contributed by atoms with Crippen LogP contribution in [0.4, 0.5) is 0 Å². The first kappa shape index (κ1) is 7.08. The summed E-state index contributed by atoms with van der Waals surface area (Å²) in [7, 11) is 0. The van der Waals surface area contributed by atoms with Gasteiger partial charge < -0.3 is 0 Å². The molecule has 2 rings (SSSR count). The van der Waals surface area contributed by atoms with E-state index in [1.54, 1.807) is 0 Å². The van der Waals surface area contributed by atoms with Gasteiger partial charge in [-0.15, -0.1) is 0 Å². The number of carbonyl (C=O) groups excluding carboxylic acids is 1. The van der Waals surface area contributed by atoms with Crippen molar-refractivity contribution in [3.05, 3.63) is 11.6 Å². The van der Waals surface area contributed by atoms with Crippen LogP contribution in [-0.2, 0) is 4.79 Å². The van der Waals surface area contributed by atoms with E-state index < -0.39 is 0 Å². The van der Waals surface area contributed by atoms with E-state index in [0.717, 1.165) is 6.42 Å². The SMILES string of the molecule is CC(C)C1=CC(=O)C2(C)CC12. The first-order chi connectivity index (χ1) is 5.05. The molecule has 1 nitrogen and oxygen atoms in total. The first-order valence-electron chi connectivity index (χ1n) is 4.31. The summed E-state index contributed by atoms with van der Waals surface area (Å²) in [6, 6.07) is 0. The van der Waals surface area contributed by atoms with E-state index in [4.69, 9.17) is 0 Å². The van der Waals surface area contributed by atoms with Crippen molar-refractivity contribution in [2.75, 3.05) is 0 Å². The Morgan fingerprint density at radius 1 is 1.64 bits per heavy atom. The molecular weight excluding hydrogens is 136 g/mol. The molecule has 0 aliphatic heterocycles. The van der Waals surface area contributed by atoms with Crippen molar-refractivity contribution in [3.8, 4) is 0 Å². The Kier molecular flexibility index (Phi) is 1.14. The molecule has 2 atom stereocenters. The average molecular weight is 150 g/mol. The molecule has 0 saturated heterocycles. The standard InChI is InChI=1S/C10H14O/c1-6(2)7-4-9(11)10(3)5-8(7)10/h4,6,8H,5H2,1-3H3. The predicted octanol–water partition coefficient (Wildman–Crippen LogP) is 2.18. The summed E-state index contributed by atoms with van der Waals surface area (Å²) in [6.45, 7) is 6.43. The minimum absolute atomic E-state index is 0.0413. The quantitative estimate of drug-likeness (QED) is 0.560.